The van der Waals surface area contributed by atoms with Crippen molar-refractivity contribution in [3.05, 3.63) is 23.4 Å². The molecule has 0 atom stereocenters. The lowest BCUT2D eigenvalue weighted by Crippen LogP contribution is -1.99. The molecule has 0 aromatic heterocycles. The molecule has 1 nitrogen and oxygen atoms in total. The molecule has 11 heavy (non-hydrogen) atoms. The Morgan fingerprint density at radius 3 is 2.64 bits per heavy atom. The zero-order valence-corrected chi connectivity index (χ0v) is 7.22. The molecule has 0 aliphatic carbocycles. The van der Waals surface area contributed by atoms with Gasteiger partial charge in [-0.1, -0.05) is 13.0 Å². The van der Waals surface area contributed by atoms with E-state index < -0.39 is 0 Å². The van der Waals surface area contributed by atoms with Gasteiger partial charge < -0.3 is 5.73 Å². The van der Waals surface area contributed by atoms with E-state index >= 15 is 0 Å². The summed E-state index contributed by atoms with van der Waals surface area (Å²) in [6, 6.07) is 0. The standard InChI is InChI=1S/C10H15N/c1-4-7-8-10(11)9(5-2)6-3/h1,5,8H,6-7,11H2,2-3H3/b9-5-,10-8+. The number of hydrogen-bond acceptors (Lipinski definition) is 1. The van der Waals surface area contributed by atoms with Crippen LogP contribution in [0.1, 0.15) is 26.7 Å². The summed E-state index contributed by atoms with van der Waals surface area (Å²) in [5, 5.41) is 0. The third-order valence-corrected chi connectivity index (χ3v) is 1.54. The molecule has 1 heteroatoms. The van der Waals surface area contributed by atoms with Gasteiger partial charge in [0.15, 0.2) is 0 Å². The molecule has 0 radical (unpaired) electrons. The summed E-state index contributed by atoms with van der Waals surface area (Å²) in [6.07, 6.45) is 10.6. The number of allylic oxidation sites excluding steroid dienone is 3. The van der Waals surface area contributed by atoms with E-state index in [1.165, 1.54) is 5.57 Å². The lowest BCUT2D eigenvalue weighted by Gasteiger charge is -2.02. The van der Waals surface area contributed by atoms with Crippen LogP contribution in [0.2, 0.25) is 0 Å². The number of nitrogens with two attached hydrogens (primary N) is 1. The molecule has 0 fully saturated rings. The molecule has 0 saturated carbocycles. The van der Waals surface area contributed by atoms with Gasteiger partial charge in [-0.25, -0.2) is 0 Å². The molecule has 0 amide bonds. The molecule has 2 N–H and O–H groups in total. The molecule has 60 valence electrons. The number of rotatable bonds is 3. The van der Waals surface area contributed by atoms with Crippen molar-refractivity contribution < 1.29 is 0 Å². The van der Waals surface area contributed by atoms with E-state index in [1.54, 1.807) is 0 Å². The summed E-state index contributed by atoms with van der Waals surface area (Å²) >= 11 is 0. The average molecular weight is 149 g/mol. The van der Waals surface area contributed by atoms with Crippen molar-refractivity contribution >= 4 is 0 Å². The SMILES string of the molecule is C#CC/C=C(N)\C(=C/C)CC. The van der Waals surface area contributed by atoms with Gasteiger partial charge in [0.2, 0.25) is 0 Å². The lowest BCUT2D eigenvalue weighted by molar-refractivity contribution is 1.07. The third kappa shape index (κ3) is 3.52. The van der Waals surface area contributed by atoms with Crippen LogP contribution in [0, 0.1) is 12.3 Å². The molecular weight excluding hydrogens is 134 g/mol. The maximum atomic E-state index is 5.72. The van der Waals surface area contributed by atoms with Crippen LogP contribution in [0.4, 0.5) is 0 Å². The van der Waals surface area contributed by atoms with E-state index in [9.17, 15) is 0 Å². The summed E-state index contributed by atoms with van der Waals surface area (Å²) in [7, 11) is 0. The highest BCUT2D eigenvalue weighted by Gasteiger charge is 1.93. The van der Waals surface area contributed by atoms with Gasteiger partial charge in [0.05, 0.1) is 0 Å². The fraction of sp³-hybridized carbons (Fsp3) is 0.400. The topological polar surface area (TPSA) is 26.0 Å². The Bertz CT molecular complexity index is 203. The summed E-state index contributed by atoms with van der Waals surface area (Å²) in [4.78, 5) is 0. The zero-order chi connectivity index (χ0) is 8.69. The highest BCUT2D eigenvalue weighted by molar-refractivity contribution is 5.27. The van der Waals surface area contributed by atoms with Crippen LogP contribution in [0.5, 0.6) is 0 Å². The van der Waals surface area contributed by atoms with E-state index in [-0.39, 0.29) is 0 Å². The van der Waals surface area contributed by atoms with E-state index in [1.807, 2.05) is 19.1 Å². The Morgan fingerprint density at radius 1 is 1.64 bits per heavy atom. The Morgan fingerprint density at radius 2 is 2.27 bits per heavy atom. The molecule has 0 aliphatic rings. The molecule has 0 unspecified atom stereocenters. The van der Waals surface area contributed by atoms with Crippen molar-refractivity contribution in [2.75, 3.05) is 0 Å². The van der Waals surface area contributed by atoms with Gasteiger partial charge in [-0.05, 0) is 25.0 Å². The third-order valence-electron chi connectivity index (χ3n) is 1.54. The van der Waals surface area contributed by atoms with Gasteiger partial charge in [-0.2, -0.15) is 0 Å². The van der Waals surface area contributed by atoms with Gasteiger partial charge in [0.25, 0.3) is 0 Å². The summed E-state index contributed by atoms with van der Waals surface area (Å²) in [6.45, 7) is 4.06. The van der Waals surface area contributed by atoms with Gasteiger partial charge in [0.1, 0.15) is 0 Å². The Hall–Kier alpha value is -1.16. The first kappa shape index (κ1) is 9.84. The van der Waals surface area contributed by atoms with Gasteiger partial charge >= 0.3 is 0 Å². The zero-order valence-electron chi connectivity index (χ0n) is 7.22. The predicted octanol–water partition coefficient (Wildman–Crippen LogP) is 2.21. The van der Waals surface area contributed by atoms with Crippen LogP contribution in [0.15, 0.2) is 23.4 Å². The van der Waals surface area contributed by atoms with E-state index in [0.29, 0.717) is 6.42 Å². The van der Waals surface area contributed by atoms with Gasteiger partial charge in [0, 0.05) is 12.1 Å². The van der Waals surface area contributed by atoms with Crippen LogP contribution in [0.25, 0.3) is 0 Å². The molecule has 0 spiro atoms. The van der Waals surface area contributed by atoms with Crippen molar-refractivity contribution in [2.24, 2.45) is 5.73 Å². The van der Waals surface area contributed by atoms with Crippen molar-refractivity contribution in [1.29, 1.82) is 0 Å². The second-order valence-electron chi connectivity index (χ2n) is 2.24. The van der Waals surface area contributed by atoms with E-state index in [2.05, 4.69) is 12.8 Å². The minimum atomic E-state index is 0.614. The van der Waals surface area contributed by atoms with Crippen molar-refractivity contribution in [1.82, 2.24) is 0 Å². The maximum Gasteiger partial charge on any atom is 0.0312 e. The molecular formula is C10H15N. The smallest absolute Gasteiger partial charge is 0.0312 e. The van der Waals surface area contributed by atoms with E-state index in [4.69, 9.17) is 12.2 Å². The summed E-state index contributed by atoms with van der Waals surface area (Å²) in [5.74, 6) is 2.52. The second-order valence-corrected chi connectivity index (χ2v) is 2.24. The number of hydrogen-bond donors (Lipinski definition) is 1. The van der Waals surface area contributed by atoms with Crippen LogP contribution < -0.4 is 5.73 Å². The summed E-state index contributed by atoms with van der Waals surface area (Å²) < 4.78 is 0. The van der Waals surface area contributed by atoms with Crippen molar-refractivity contribution in [3.8, 4) is 12.3 Å². The van der Waals surface area contributed by atoms with Crippen LogP contribution in [-0.4, -0.2) is 0 Å². The maximum absolute atomic E-state index is 5.72. The average Bonchev–Trinajstić information content (AvgIpc) is 2.03. The molecule has 0 rings (SSSR count). The Balaban J connectivity index is 4.23. The predicted molar refractivity (Wildman–Crippen MR) is 49.8 cm³/mol. The van der Waals surface area contributed by atoms with Crippen molar-refractivity contribution in [2.45, 2.75) is 26.7 Å². The summed E-state index contributed by atoms with van der Waals surface area (Å²) in [5.41, 5.74) is 7.70. The molecule has 0 aromatic carbocycles. The normalized spacial score (nSPS) is 12.8. The molecule has 0 heterocycles. The van der Waals surface area contributed by atoms with Gasteiger partial charge in [-0.15, -0.1) is 12.3 Å². The Kier molecular flexibility index (Phi) is 5.02. The minimum Gasteiger partial charge on any atom is -0.399 e. The quantitative estimate of drug-likeness (QED) is 0.483. The molecule has 0 bridgehead atoms. The highest BCUT2D eigenvalue weighted by Crippen LogP contribution is 2.08. The fourth-order valence-corrected chi connectivity index (χ4v) is 0.875. The fourth-order valence-electron chi connectivity index (χ4n) is 0.875. The van der Waals surface area contributed by atoms with Crippen molar-refractivity contribution in [3.63, 3.8) is 0 Å². The minimum absolute atomic E-state index is 0.614. The monoisotopic (exact) mass is 149 g/mol. The Labute approximate surface area is 69.0 Å². The van der Waals surface area contributed by atoms with Crippen LogP contribution in [-0.2, 0) is 0 Å². The molecule has 0 aromatic rings. The first-order valence-electron chi connectivity index (χ1n) is 3.80. The van der Waals surface area contributed by atoms with Gasteiger partial charge in [-0.3, -0.25) is 0 Å². The first-order valence-corrected chi connectivity index (χ1v) is 3.80. The molecule has 0 saturated heterocycles. The largest absolute Gasteiger partial charge is 0.399 e. The highest BCUT2D eigenvalue weighted by atomic mass is 14.6. The van der Waals surface area contributed by atoms with Crippen LogP contribution >= 0.6 is 0 Å². The number of terminal acetylenes is 1. The van der Waals surface area contributed by atoms with Crippen LogP contribution in [0.3, 0.4) is 0 Å². The lowest BCUT2D eigenvalue weighted by atomic mass is 10.1. The van der Waals surface area contributed by atoms with E-state index in [0.717, 1.165) is 12.1 Å². The first-order chi connectivity index (χ1) is 5.26. The second kappa shape index (κ2) is 5.61. The molecule has 0 aliphatic heterocycles.